The minimum absolute atomic E-state index is 0.0114. The molecule has 0 radical (unpaired) electrons. The molecule has 2 saturated carbocycles. The molecule has 4 fully saturated rings. The van der Waals surface area contributed by atoms with Crippen molar-refractivity contribution in [2.24, 2.45) is 22.7 Å². The minimum atomic E-state index is -1.48. The summed E-state index contributed by atoms with van der Waals surface area (Å²) >= 11 is 0. The number of methoxy groups -OCH3 is 1. The van der Waals surface area contributed by atoms with Crippen molar-refractivity contribution in [2.75, 3.05) is 7.11 Å². The lowest BCUT2D eigenvalue weighted by Gasteiger charge is -2.68. The van der Waals surface area contributed by atoms with Crippen LogP contribution in [0.2, 0.25) is 0 Å². The molecule has 2 N–H and O–H groups in total. The molecule has 1 spiro atoms. The van der Waals surface area contributed by atoms with Crippen LogP contribution in [-0.4, -0.2) is 59.3 Å². The molecule has 7 heteroatoms. The van der Waals surface area contributed by atoms with E-state index in [1.54, 1.807) is 0 Å². The fourth-order valence-electron chi connectivity index (χ4n) is 7.73. The fraction of sp³-hybridized carbons (Fsp3) is 0.957. The Balaban J connectivity index is 1.74. The summed E-state index contributed by atoms with van der Waals surface area (Å²) in [7, 11) is 1.46. The van der Waals surface area contributed by atoms with Gasteiger partial charge in [-0.05, 0) is 43.4 Å². The van der Waals surface area contributed by atoms with E-state index in [2.05, 4.69) is 27.7 Å². The zero-order chi connectivity index (χ0) is 22.1. The van der Waals surface area contributed by atoms with Crippen molar-refractivity contribution in [3.8, 4) is 0 Å². The third-order valence-electron chi connectivity index (χ3n) is 8.97. The molecule has 172 valence electrons. The van der Waals surface area contributed by atoms with Gasteiger partial charge in [0.2, 0.25) is 0 Å². The normalized spacial score (nSPS) is 52.5. The van der Waals surface area contributed by atoms with Crippen LogP contribution in [0.25, 0.3) is 0 Å². The quantitative estimate of drug-likeness (QED) is 0.656. The molecule has 0 aromatic heterocycles. The molecule has 7 nitrogen and oxygen atoms in total. The van der Waals surface area contributed by atoms with Crippen LogP contribution in [0.1, 0.15) is 73.1 Å². The Morgan fingerprint density at radius 3 is 2.47 bits per heavy atom. The number of hydrogen-bond donors (Lipinski definition) is 2. The SMILES string of the molecule is COC1OC2OC3(CCC2(O)C1O)C(C)CC(OC(C)=O)C1C(C)(C)CCCC13C. The Hall–Kier alpha value is -0.730. The van der Waals surface area contributed by atoms with Crippen LogP contribution in [0.4, 0.5) is 0 Å². The van der Waals surface area contributed by atoms with Crippen molar-refractivity contribution in [1.82, 2.24) is 0 Å². The second kappa shape index (κ2) is 7.14. The van der Waals surface area contributed by atoms with Crippen molar-refractivity contribution in [1.29, 1.82) is 0 Å². The van der Waals surface area contributed by atoms with E-state index in [0.29, 0.717) is 19.3 Å². The standard InChI is InChI=1S/C23H38O7/c1-13-12-15(28-14(2)24)16-20(3,4)8-7-9-21(16,5)23(13)11-10-22(26)17(25)18(27-6)29-19(22)30-23/h13,15-19,25-26H,7-12H2,1-6H3. The van der Waals surface area contributed by atoms with E-state index in [1.807, 2.05) is 0 Å². The van der Waals surface area contributed by atoms with Gasteiger partial charge in [-0.15, -0.1) is 0 Å². The Morgan fingerprint density at radius 1 is 1.13 bits per heavy atom. The van der Waals surface area contributed by atoms with E-state index in [0.717, 1.165) is 19.3 Å². The number of carbonyl (C=O) groups is 1. The first-order chi connectivity index (χ1) is 13.9. The third kappa shape index (κ3) is 2.92. The molecule has 2 aliphatic heterocycles. The lowest BCUT2D eigenvalue weighted by atomic mass is 9.42. The smallest absolute Gasteiger partial charge is 0.302 e. The fourth-order valence-corrected chi connectivity index (χ4v) is 7.73. The van der Waals surface area contributed by atoms with E-state index in [-0.39, 0.29) is 34.7 Å². The lowest BCUT2D eigenvalue weighted by molar-refractivity contribution is -0.362. The molecule has 4 rings (SSSR count). The van der Waals surface area contributed by atoms with Crippen LogP contribution in [-0.2, 0) is 23.7 Å². The number of hydrogen-bond acceptors (Lipinski definition) is 7. The van der Waals surface area contributed by atoms with Gasteiger partial charge in [0.1, 0.15) is 17.8 Å². The molecule has 2 heterocycles. The van der Waals surface area contributed by atoms with E-state index in [1.165, 1.54) is 14.0 Å². The third-order valence-corrected chi connectivity index (χ3v) is 8.97. The molecule has 2 saturated heterocycles. The molecule has 0 bridgehead atoms. The van der Waals surface area contributed by atoms with Crippen molar-refractivity contribution in [3.63, 3.8) is 0 Å². The van der Waals surface area contributed by atoms with Gasteiger partial charge >= 0.3 is 5.97 Å². The van der Waals surface area contributed by atoms with Crippen LogP contribution in [0.5, 0.6) is 0 Å². The Bertz CT molecular complexity index is 695. The highest BCUT2D eigenvalue weighted by molar-refractivity contribution is 5.66. The van der Waals surface area contributed by atoms with E-state index in [9.17, 15) is 15.0 Å². The maximum atomic E-state index is 11.9. The summed E-state index contributed by atoms with van der Waals surface area (Å²) in [6.07, 6.45) is 1.66. The molecule has 9 atom stereocenters. The highest BCUT2D eigenvalue weighted by Gasteiger charge is 2.71. The van der Waals surface area contributed by atoms with Gasteiger partial charge in [-0.3, -0.25) is 4.79 Å². The van der Waals surface area contributed by atoms with Gasteiger partial charge in [0.05, 0.1) is 5.60 Å². The number of fused-ring (bicyclic) bond motifs is 3. The van der Waals surface area contributed by atoms with E-state index >= 15 is 0 Å². The highest BCUT2D eigenvalue weighted by atomic mass is 16.8. The number of aliphatic hydroxyl groups is 2. The number of ether oxygens (including phenoxy) is 4. The summed E-state index contributed by atoms with van der Waals surface area (Å²) in [5.41, 5.74) is -2.28. The first-order valence-corrected chi connectivity index (χ1v) is 11.3. The summed E-state index contributed by atoms with van der Waals surface area (Å²) in [5, 5.41) is 21.8. The summed E-state index contributed by atoms with van der Waals surface area (Å²) in [4.78, 5) is 11.9. The molecular formula is C23H38O7. The lowest BCUT2D eigenvalue weighted by Crippen LogP contribution is -2.71. The topological polar surface area (TPSA) is 94.5 Å². The second-order valence-corrected chi connectivity index (χ2v) is 11.0. The van der Waals surface area contributed by atoms with Crippen LogP contribution < -0.4 is 0 Å². The average molecular weight is 427 g/mol. The Labute approximate surface area is 179 Å². The van der Waals surface area contributed by atoms with Crippen LogP contribution in [0.15, 0.2) is 0 Å². The Kier molecular flexibility index (Phi) is 5.34. The zero-order valence-corrected chi connectivity index (χ0v) is 19.1. The molecule has 9 unspecified atom stereocenters. The monoisotopic (exact) mass is 426 g/mol. The van der Waals surface area contributed by atoms with Gasteiger partial charge < -0.3 is 29.2 Å². The molecule has 0 aromatic rings. The summed E-state index contributed by atoms with van der Waals surface area (Å²) < 4.78 is 23.7. The largest absolute Gasteiger partial charge is 0.462 e. The summed E-state index contributed by atoms with van der Waals surface area (Å²) in [6, 6.07) is 0. The molecular weight excluding hydrogens is 388 g/mol. The van der Waals surface area contributed by atoms with Gasteiger partial charge in [-0.1, -0.05) is 34.1 Å². The van der Waals surface area contributed by atoms with E-state index < -0.39 is 29.9 Å². The van der Waals surface area contributed by atoms with Gasteiger partial charge in [0.25, 0.3) is 0 Å². The molecule has 0 aromatic carbocycles. The Morgan fingerprint density at radius 2 is 1.83 bits per heavy atom. The number of aliphatic hydroxyl groups excluding tert-OH is 1. The van der Waals surface area contributed by atoms with Gasteiger partial charge in [0.15, 0.2) is 12.6 Å². The predicted molar refractivity (Wildman–Crippen MR) is 108 cm³/mol. The first-order valence-electron chi connectivity index (χ1n) is 11.3. The van der Waals surface area contributed by atoms with Crippen molar-refractivity contribution < 1.29 is 34.0 Å². The van der Waals surface area contributed by atoms with Crippen LogP contribution in [0.3, 0.4) is 0 Å². The summed E-state index contributed by atoms with van der Waals surface area (Å²) in [6.45, 7) is 10.5. The van der Waals surface area contributed by atoms with Crippen molar-refractivity contribution >= 4 is 5.97 Å². The zero-order valence-electron chi connectivity index (χ0n) is 19.1. The number of esters is 1. The minimum Gasteiger partial charge on any atom is -0.462 e. The van der Waals surface area contributed by atoms with Gasteiger partial charge in [-0.2, -0.15) is 0 Å². The van der Waals surface area contributed by atoms with Gasteiger partial charge in [-0.25, -0.2) is 0 Å². The van der Waals surface area contributed by atoms with Crippen LogP contribution in [0, 0.1) is 22.7 Å². The van der Waals surface area contributed by atoms with E-state index in [4.69, 9.17) is 18.9 Å². The molecule has 2 aliphatic carbocycles. The van der Waals surface area contributed by atoms with Crippen molar-refractivity contribution in [2.45, 2.75) is 109 Å². The molecule has 30 heavy (non-hydrogen) atoms. The van der Waals surface area contributed by atoms with Crippen LogP contribution >= 0.6 is 0 Å². The number of rotatable bonds is 2. The van der Waals surface area contributed by atoms with Gasteiger partial charge in [0, 0.05) is 25.4 Å². The highest BCUT2D eigenvalue weighted by Crippen LogP contribution is 2.67. The average Bonchev–Trinajstić information content (AvgIpc) is 2.89. The first kappa shape index (κ1) is 22.5. The maximum Gasteiger partial charge on any atom is 0.302 e. The predicted octanol–water partition coefficient (Wildman–Crippen LogP) is 2.76. The second-order valence-electron chi connectivity index (χ2n) is 11.0. The van der Waals surface area contributed by atoms with Crippen molar-refractivity contribution in [3.05, 3.63) is 0 Å². The summed E-state index contributed by atoms with van der Waals surface area (Å²) in [5.74, 6) is -0.00512. The molecule has 0 amide bonds. The number of carbonyl (C=O) groups excluding carboxylic acids is 1. The maximum absolute atomic E-state index is 11.9. The molecule has 4 aliphatic rings.